The lowest BCUT2D eigenvalue weighted by atomic mass is 9.95. The van der Waals surface area contributed by atoms with E-state index in [0.717, 1.165) is 0 Å². The third kappa shape index (κ3) is 3.23. The number of amides is 1. The number of carboxylic acids is 1. The molecular weight excluding hydrogens is 218 g/mol. The zero-order chi connectivity index (χ0) is 13.0. The summed E-state index contributed by atoms with van der Waals surface area (Å²) in [6.07, 6.45) is 7.12. The van der Waals surface area contributed by atoms with Crippen LogP contribution in [0.2, 0.25) is 0 Å². The minimum absolute atomic E-state index is 0.216. The van der Waals surface area contributed by atoms with E-state index in [4.69, 9.17) is 11.5 Å². The summed E-state index contributed by atoms with van der Waals surface area (Å²) in [5.41, 5.74) is 0. The summed E-state index contributed by atoms with van der Waals surface area (Å²) in [6.45, 7) is 3.86. The summed E-state index contributed by atoms with van der Waals surface area (Å²) < 4.78 is 0. The van der Waals surface area contributed by atoms with Crippen LogP contribution in [0.4, 0.5) is 0 Å². The van der Waals surface area contributed by atoms with Crippen LogP contribution >= 0.6 is 0 Å². The molecule has 1 rings (SSSR count). The normalized spacial score (nSPS) is 29.4. The lowest BCUT2D eigenvalue weighted by molar-refractivity contribution is -0.146. The first kappa shape index (κ1) is 13.6. The Bertz CT molecular complexity index is 345. The van der Waals surface area contributed by atoms with Gasteiger partial charge < -0.3 is 10.4 Å². The molecule has 0 spiro atoms. The largest absolute Gasteiger partial charge is 0.481 e. The fourth-order valence-corrected chi connectivity index (χ4v) is 2.39. The van der Waals surface area contributed by atoms with Gasteiger partial charge in [-0.25, -0.2) is 0 Å². The number of aliphatic carboxylic acids is 1. The van der Waals surface area contributed by atoms with Gasteiger partial charge in [0.05, 0.1) is 17.9 Å². The van der Waals surface area contributed by atoms with Gasteiger partial charge in [0.2, 0.25) is 5.91 Å². The first-order valence-corrected chi connectivity index (χ1v) is 5.98. The predicted octanol–water partition coefficient (Wildman–Crippen LogP) is 1.26. The summed E-state index contributed by atoms with van der Waals surface area (Å²) >= 11 is 0. The number of carbonyl (C=O) groups excluding carboxylic acids is 1. The molecule has 1 amide bonds. The highest BCUT2D eigenvalue weighted by Gasteiger charge is 2.41. The molecule has 1 aliphatic rings. The highest BCUT2D eigenvalue weighted by atomic mass is 16.4. The maximum atomic E-state index is 12.0. The monoisotopic (exact) mass is 237 g/mol. The minimum Gasteiger partial charge on any atom is -0.481 e. The molecule has 17 heavy (non-hydrogen) atoms. The molecule has 0 bridgehead atoms. The topological polar surface area (TPSA) is 66.4 Å². The van der Waals surface area contributed by atoms with Crippen LogP contribution in [0.25, 0.3) is 0 Å². The molecule has 0 aliphatic heterocycles. The quantitative estimate of drug-likeness (QED) is 0.723. The van der Waals surface area contributed by atoms with Crippen molar-refractivity contribution in [2.45, 2.75) is 39.2 Å². The van der Waals surface area contributed by atoms with E-state index in [9.17, 15) is 9.59 Å². The molecule has 1 aliphatic carbocycles. The van der Waals surface area contributed by atoms with E-state index in [-0.39, 0.29) is 17.9 Å². The molecule has 1 saturated carbocycles. The van der Waals surface area contributed by atoms with E-state index in [2.05, 4.69) is 11.2 Å². The van der Waals surface area contributed by atoms with Crippen LogP contribution in [0.3, 0.4) is 0 Å². The lowest BCUT2D eigenvalue weighted by Gasteiger charge is -2.18. The Hall–Kier alpha value is -1.50. The number of terminal acetylenes is 1. The first-order chi connectivity index (χ1) is 7.99. The number of nitrogens with one attached hydrogen (secondary N) is 1. The van der Waals surface area contributed by atoms with Crippen molar-refractivity contribution >= 4 is 11.9 Å². The van der Waals surface area contributed by atoms with Crippen LogP contribution in [0.1, 0.15) is 33.1 Å². The highest BCUT2D eigenvalue weighted by molar-refractivity contribution is 5.85. The molecule has 0 aromatic carbocycles. The second-order valence-corrected chi connectivity index (χ2v) is 4.76. The molecule has 2 N–H and O–H groups in total. The van der Waals surface area contributed by atoms with E-state index in [1.165, 1.54) is 0 Å². The maximum absolute atomic E-state index is 12.0. The van der Waals surface area contributed by atoms with Crippen LogP contribution in [0, 0.1) is 30.1 Å². The van der Waals surface area contributed by atoms with Crippen molar-refractivity contribution in [1.82, 2.24) is 5.32 Å². The zero-order valence-corrected chi connectivity index (χ0v) is 10.3. The van der Waals surface area contributed by atoms with Gasteiger partial charge in [0, 0.05) is 0 Å². The molecule has 0 aromatic rings. The third-order valence-electron chi connectivity index (χ3n) is 3.38. The average molecular weight is 237 g/mol. The fraction of sp³-hybridized carbons (Fsp3) is 0.692. The van der Waals surface area contributed by atoms with Gasteiger partial charge in [-0.3, -0.25) is 9.59 Å². The van der Waals surface area contributed by atoms with Crippen molar-refractivity contribution in [2.24, 2.45) is 17.8 Å². The number of carbonyl (C=O) groups is 2. The smallest absolute Gasteiger partial charge is 0.307 e. The van der Waals surface area contributed by atoms with Crippen LogP contribution in [-0.4, -0.2) is 23.0 Å². The third-order valence-corrected chi connectivity index (χ3v) is 3.38. The van der Waals surface area contributed by atoms with Crippen LogP contribution in [-0.2, 0) is 9.59 Å². The van der Waals surface area contributed by atoms with Crippen molar-refractivity contribution in [3.05, 3.63) is 0 Å². The number of carboxylic acid groups (broad SMARTS) is 1. The predicted molar refractivity (Wildman–Crippen MR) is 64.1 cm³/mol. The van der Waals surface area contributed by atoms with Crippen LogP contribution < -0.4 is 5.32 Å². The fourth-order valence-electron chi connectivity index (χ4n) is 2.39. The van der Waals surface area contributed by atoms with E-state index >= 15 is 0 Å². The van der Waals surface area contributed by atoms with Gasteiger partial charge >= 0.3 is 5.97 Å². The van der Waals surface area contributed by atoms with E-state index < -0.39 is 17.8 Å². The van der Waals surface area contributed by atoms with Gasteiger partial charge in [0.25, 0.3) is 0 Å². The Morgan fingerprint density at radius 3 is 2.53 bits per heavy atom. The Morgan fingerprint density at radius 2 is 2.06 bits per heavy atom. The number of hydrogen-bond donors (Lipinski definition) is 2. The molecule has 4 heteroatoms. The first-order valence-electron chi connectivity index (χ1n) is 5.98. The van der Waals surface area contributed by atoms with Gasteiger partial charge in [-0.05, 0) is 25.2 Å². The Labute approximate surface area is 102 Å². The second-order valence-electron chi connectivity index (χ2n) is 4.76. The molecule has 4 nitrogen and oxygen atoms in total. The molecular formula is C13H19NO3. The molecule has 1 fully saturated rings. The van der Waals surface area contributed by atoms with Crippen molar-refractivity contribution in [1.29, 1.82) is 0 Å². The molecule has 4 atom stereocenters. The SMILES string of the molecule is C#CC(CC)NC(=O)[C@H]1CC(C)C[C@H]1C(=O)O. The van der Waals surface area contributed by atoms with Crippen molar-refractivity contribution in [3.8, 4) is 12.3 Å². The van der Waals surface area contributed by atoms with Gasteiger partial charge in [-0.15, -0.1) is 6.42 Å². The van der Waals surface area contributed by atoms with E-state index in [0.29, 0.717) is 19.3 Å². The van der Waals surface area contributed by atoms with Gasteiger partial charge in [-0.1, -0.05) is 19.8 Å². The second kappa shape index (κ2) is 5.72. The van der Waals surface area contributed by atoms with Gasteiger partial charge in [-0.2, -0.15) is 0 Å². The molecule has 0 aromatic heterocycles. The summed E-state index contributed by atoms with van der Waals surface area (Å²) in [4.78, 5) is 23.0. The lowest BCUT2D eigenvalue weighted by Crippen LogP contribution is -2.40. The standard InChI is InChI=1S/C13H19NO3/c1-4-9(5-2)14-12(15)10-6-8(3)7-11(10)13(16)17/h1,8-11H,5-7H2,2-3H3,(H,14,15)(H,16,17)/t8?,9?,10-,11+/m0/s1. The Morgan fingerprint density at radius 1 is 1.47 bits per heavy atom. The van der Waals surface area contributed by atoms with Gasteiger partial charge in [0.1, 0.15) is 0 Å². The molecule has 0 radical (unpaired) electrons. The van der Waals surface area contributed by atoms with E-state index in [1.807, 2.05) is 13.8 Å². The highest BCUT2D eigenvalue weighted by Crippen LogP contribution is 2.36. The summed E-state index contributed by atoms with van der Waals surface area (Å²) in [5, 5.41) is 11.8. The van der Waals surface area contributed by atoms with Crippen molar-refractivity contribution in [2.75, 3.05) is 0 Å². The van der Waals surface area contributed by atoms with Crippen molar-refractivity contribution in [3.63, 3.8) is 0 Å². The molecule has 94 valence electrons. The Kier molecular flexibility index (Phi) is 4.56. The minimum atomic E-state index is -0.886. The number of rotatable bonds is 4. The zero-order valence-electron chi connectivity index (χ0n) is 10.3. The maximum Gasteiger partial charge on any atom is 0.307 e. The molecule has 2 unspecified atom stereocenters. The van der Waals surface area contributed by atoms with E-state index in [1.54, 1.807) is 0 Å². The molecule has 0 saturated heterocycles. The van der Waals surface area contributed by atoms with Crippen LogP contribution in [0.15, 0.2) is 0 Å². The Balaban J connectivity index is 2.68. The van der Waals surface area contributed by atoms with Crippen LogP contribution in [0.5, 0.6) is 0 Å². The number of hydrogen-bond acceptors (Lipinski definition) is 2. The summed E-state index contributed by atoms with van der Waals surface area (Å²) in [6, 6.07) is -0.298. The molecule has 0 heterocycles. The summed E-state index contributed by atoms with van der Waals surface area (Å²) in [7, 11) is 0. The average Bonchev–Trinajstić information content (AvgIpc) is 2.68. The van der Waals surface area contributed by atoms with Gasteiger partial charge in [0.15, 0.2) is 0 Å². The summed E-state index contributed by atoms with van der Waals surface area (Å²) in [5.74, 6) is 0.647. The van der Waals surface area contributed by atoms with Crippen molar-refractivity contribution < 1.29 is 14.7 Å².